The van der Waals surface area contributed by atoms with Crippen LogP contribution in [0.4, 0.5) is 10.5 Å². The molecule has 1 aliphatic rings. The number of hydrogen-bond acceptors (Lipinski definition) is 5. The summed E-state index contributed by atoms with van der Waals surface area (Å²) in [6, 6.07) is 7.56. The molecule has 0 radical (unpaired) electrons. The number of anilines is 1. The molecule has 1 aromatic carbocycles. The zero-order valence-electron chi connectivity index (χ0n) is 20.5. The van der Waals surface area contributed by atoms with Crippen molar-refractivity contribution in [3.05, 3.63) is 42.4 Å². The van der Waals surface area contributed by atoms with E-state index in [0.717, 1.165) is 48.0 Å². The number of rotatable bonds is 4. The van der Waals surface area contributed by atoms with Crippen LogP contribution in [0, 0.1) is 0 Å². The fourth-order valence-electron chi connectivity index (χ4n) is 4.22. The van der Waals surface area contributed by atoms with Gasteiger partial charge in [-0.2, -0.15) is 5.10 Å². The summed E-state index contributed by atoms with van der Waals surface area (Å²) in [7, 11) is 3.36. The molecule has 2 aromatic heterocycles. The van der Waals surface area contributed by atoms with Gasteiger partial charge in [0.2, 0.25) is 0 Å². The van der Waals surface area contributed by atoms with Crippen LogP contribution in [0.25, 0.3) is 22.0 Å². The Morgan fingerprint density at radius 2 is 1.82 bits per heavy atom. The SMILES string of the molecule is CN(C)C(=O)Nc1cncc(-c2ccc3[nH]nc(C(=O)NC4CCN(C(C)(C)C)CC4)c3c2)c1. The summed E-state index contributed by atoms with van der Waals surface area (Å²) in [6.45, 7) is 8.60. The number of carbonyl (C=O) groups is 2. The summed E-state index contributed by atoms with van der Waals surface area (Å²) in [5, 5.41) is 14.0. The fraction of sp³-hybridized carbons (Fsp3) is 0.440. The van der Waals surface area contributed by atoms with Gasteiger partial charge in [-0.15, -0.1) is 0 Å². The number of urea groups is 1. The molecule has 3 amide bonds. The van der Waals surface area contributed by atoms with Gasteiger partial charge in [-0.3, -0.25) is 19.8 Å². The minimum absolute atomic E-state index is 0.141. The minimum atomic E-state index is -0.225. The molecule has 0 aliphatic carbocycles. The molecule has 9 nitrogen and oxygen atoms in total. The number of carbonyl (C=O) groups excluding carboxylic acids is 2. The topological polar surface area (TPSA) is 106 Å². The molecule has 3 aromatic rings. The Balaban J connectivity index is 1.51. The van der Waals surface area contributed by atoms with Crippen molar-refractivity contribution in [3.63, 3.8) is 0 Å². The lowest BCUT2D eigenvalue weighted by Crippen LogP contribution is -2.50. The van der Waals surface area contributed by atoms with Crippen molar-refractivity contribution in [2.24, 2.45) is 0 Å². The van der Waals surface area contributed by atoms with Crippen LogP contribution in [-0.4, -0.2) is 75.7 Å². The molecular weight excluding hydrogens is 430 g/mol. The summed E-state index contributed by atoms with van der Waals surface area (Å²) >= 11 is 0. The Hall–Kier alpha value is -3.46. The molecule has 3 N–H and O–H groups in total. The summed E-state index contributed by atoms with van der Waals surface area (Å²) < 4.78 is 0. The average molecular weight is 464 g/mol. The van der Waals surface area contributed by atoms with Gasteiger partial charge >= 0.3 is 6.03 Å². The zero-order valence-corrected chi connectivity index (χ0v) is 20.5. The summed E-state index contributed by atoms with van der Waals surface area (Å²) in [5.41, 5.74) is 3.64. The smallest absolute Gasteiger partial charge is 0.321 e. The second-order valence-corrected chi connectivity index (χ2v) is 10.0. The molecule has 0 spiro atoms. The molecule has 3 heterocycles. The zero-order chi connectivity index (χ0) is 24.5. The van der Waals surface area contributed by atoms with Gasteiger partial charge in [0.1, 0.15) is 0 Å². The Kier molecular flexibility index (Phi) is 6.56. The molecule has 1 saturated heterocycles. The number of fused-ring (bicyclic) bond motifs is 1. The average Bonchev–Trinajstić information content (AvgIpc) is 3.22. The van der Waals surface area contributed by atoms with Crippen molar-refractivity contribution < 1.29 is 9.59 Å². The molecule has 0 saturated carbocycles. The monoisotopic (exact) mass is 463 g/mol. The number of piperidine rings is 1. The van der Waals surface area contributed by atoms with Crippen LogP contribution in [0.15, 0.2) is 36.7 Å². The third kappa shape index (κ3) is 5.20. The summed E-state index contributed by atoms with van der Waals surface area (Å²) in [5.74, 6) is -0.164. The van der Waals surface area contributed by atoms with Crippen molar-refractivity contribution in [1.29, 1.82) is 0 Å². The van der Waals surface area contributed by atoms with Gasteiger partial charge in [0.05, 0.1) is 17.4 Å². The van der Waals surface area contributed by atoms with Gasteiger partial charge in [-0.05, 0) is 57.4 Å². The molecule has 9 heteroatoms. The quantitative estimate of drug-likeness (QED) is 0.547. The number of H-pyrrole nitrogens is 1. The first-order valence-corrected chi connectivity index (χ1v) is 11.6. The highest BCUT2D eigenvalue weighted by molar-refractivity contribution is 6.05. The van der Waals surface area contributed by atoms with E-state index in [1.54, 1.807) is 26.5 Å². The van der Waals surface area contributed by atoms with Gasteiger partial charge < -0.3 is 15.5 Å². The van der Waals surface area contributed by atoms with Crippen molar-refractivity contribution in [2.45, 2.75) is 45.2 Å². The molecule has 180 valence electrons. The second-order valence-electron chi connectivity index (χ2n) is 10.0. The number of nitrogens with zero attached hydrogens (tertiary/aromatic N) is 4. The molecule has 1 aliphatic heterocycles. The van der Waals surface area contributed by atoms with E-state index >= 15 is 0 Å². The lowest BCUT2D eigenvalue weighted by molar-refractivity contribution is 0.0810. The number of amides is 3. The first-order chi connectivity index (χ1) is 16.1. The first-order valence-electron chi connectivity index (χ1n) is 11.6. The van der Waals surface area contributed by atoms with Crippen LogP contribution in [0.1, 0.15) is 44.1 Å². The highest BCUT2D eigenvalue weighted by Gasteiger charge is 2.28. The lowest BCUT2D eigenvalue weighted by atomic mass is 9.98. The summed E-state index contributed by atoms with van der Waals surface area (Å²) in [4.78, 5) is 33.2. The van der Waals surface area contributed by atoms with Gasteiger partial charge in [0, 0.05) is 55.9 Å². The van der Waals surface area contributed by atoms with Gasteiger partial charge in [0.25, 0.3) is 5.91 Å². The Morgan fingerprint density at radius 1 is 1.09 bits per heavy atom. The molecule has 4 rings (SSSR count). The predicted molar refractivity (Wildman–Crippen MR) is 134 cm³/mol. The fourth-order valence-corrected chi connectivity index (χ4v) is 4.22. The Labute approximate surface area is 199 Å². The standard InChI is InChI=1S/C25H33N7O2/c1-25(2,3)32-10-8-18(9-11-32)27-23(33)22-20-13-16(6-7-21(20)29-30-22)17-12-19(15-26-14-17)28-24(34)31(4)5/h6-7,12-15,18H,8-11H2,1-5H3,(H,27,33)(H,28,34)(H,29,30). The van der Waals surface area contributed by atoms with Crippen molar-refractivity contribution in [3.8, 4) is 11.1 Å². The molecule has 1 fully saturated rings. The van der Waals surface area contributed by atoms with E-state index in [1.807, 2.05) is 24.3 Å². The maximum atomic E-state index is 13.1. The largest absolute Gasteiger partial charge is 0.348 e. The maximum absolute atomic E-state index is 13.1. The lowest BCUT2D eigenvalue weighted by Gasteiger charge is -2.40. The number of nitrogens with one attached hydrogen (secondary N) is 3. The third-order valence-corrected chi connectivity index (χ3v) is 6.29. The van der Waals surface area contributed by atoms with E-state index in [9.17, 15) is 9.59 Å². The van der Waals surface area contributed by atoms with E-state index in [0.29, 0.717) is 11.4 Å². The van der Waals surface area contributed by atoms with E-state index in [1.165, 1.54) is 4.90 Å². The third-order valence-electron chi connectivity index (χ3n) is 6.29. The highest BCUT2D eigenvalue weighted by Crippen LogP contribution is 2.27. The van der Waals surface area contributed by atoms with Crippen LogP contribution in [-0.2, 0) is 0 Å². The van der Waals surface area contributed by atoms with E-state index < -0.39 is 0 Å². The molecule has 34 heavy (non-hydrogen) atoms. The van der Waals surface area contributed by atoms with Gasteiger partial charge in [-0.25, -0.2) is 4.79 Å². The number of pyridine rings is 1. The number of aromatic nitrogens is 3. The van der Waals surface area contributed by atoms with Crippen LogP contribution in [0.2, 0.25) is 0 Å². The Bertz CT molecular complexity index is 1190. The van der Waals surface area contributed by atoms with Crippen LogP contribution >= 0.6 is 0 Å². The molecule has 0 unspecified atom stereocenters. The number of likely N-dealkylation sites (tertiary alicyclic amines) is 1. The van der Waals surface area contributed by atoms with Crippen molar-refractivity contribution in [2.75, 3.05) is 32.5 Å². The second kappa shape index (κ2) is 9.42. The molecular formula is C25H33N7O2. The van der Waals surface area contributed by atoms with E-state index in [4.69, 9.17) is 0 Å². The van der Waals surface area contributed by atoms with Gasteiger partial charge in [-0.1, -0.05) is 6.07 Å². The summed E-state index contributed by atoms with van der Waals surface area (Å²) in [6.07, 6.45) is 5.18. The molecule has 0 bridgehead atoms. The van der Waals surface area contributed by atoms with Crippen molar-refractivity contribution >= 4 is 28.5 Å². The highest BCUT2D eigenvalue weighted by atomic mass is 16.2. The van der Waals surface area contributed by atoms with E-state index in [2.05, 4.69) is 51.5 Å². The number of hydrogen-bond donors (Lipinski definition) is 3. The predicted octanol–water partition coefficient (Wildman–Crippen LogP) is 3.71. The van der Waals surface area contributed by atoms with Crippen LogP contribution in [0.5, 0.6) is 0 Å². The maximum Gasteiger partial charge on any atom is 0.321 e. The van der Waals surface area contributed by atoms with E-state index in [-0.39, 0.29) is 23.5 Å². The number of aromatic amines is 1. The van der Waals surface area contributed by atoms with Crippen molar-refractivity contribution in [1.82, 2.24) is 30.3 Å². The van der Waals surface area contributed by atoms with Crippen LogP contribution < -0.4 is 10.6 Å². The normalized spacial score (nSPS) is 15.3. The first kappa shape index (κ1) is 23.7. The van der Waals surface area contributed by atoms with Crippen LogP contribution in [0.3, 0.4) is 0 Å². The van der Waals surface area contributed by atoms with Gasteiger partial charge in [0.15, 0.2) is 5.69 Å². The minimum Gasteiger partial charge on any atom is -0.348 e. The number of benzene rings is 1. The molecule has 0 atom stereocenters. The Morgan fingerprint density at radius 3 is 2.50 bits per heavy atom.